The van der Waals surface area contributed by atoms with Crippen molar-refractivity contribution >= 4 is 34.8 Å². The molecule has 0 fully saturated rings. The largest absolute Gasteiger partial charge is 0.508 e. The highest BCUT2D eigenvalue weighted by Gasteiger charge is 2.10. The molecular formula is C14H11Cl2NO2. The van der Waals surface area contributed by atoms with E-state index in [0.29, 0.717) is 21.3 Å². The Balaban J connectivity index is 2.10. The van der Waals surface area contributed by atoms with E-state index in [1.165, 1.54) is 6.07 Å². The highest BCUT2D eigenvalue weighted by atomic mass is 35.5. The first-order valence-electron chi connectivity index (χ1n) is 5.58. The number of phenolic OH excluding ortho intramolecular Hbond substituents is 1. The molecule has 1 amide bonds. The van der Waals surface area contributed by atoms with Gasteiger partial charge >= 0.3 is 0 Å². The number of hydrogen-bond donors (Lipinski definition) is 2. The van der Waals surface area contributed by atoms with Gasteiger partial charge in [-0.2, -0.15) is 0 Å². The summed E-state index contributed by atoms with van der Waals surface area (Å²) < 4.78 is 0. The number of carbonyl (C=O) groups excluding carboxylic acids is 1. The van der Waals surface area contributed by atoms with Crippen LogP contribution in [-0.2, 0) is 11.2 Å². The molecule has 5 heteroatoms. The number of aromatic hydroxyl groups is 1. The van der Waals surface area contributed by atoms with E-state index in [-0.39, 0.29) is 18.1 Å². The summed E-state index contributed by atoms with van der Waals surface area (Å²) >= 11 is 11.8. The zero-order chi connectivity index (χ0) is 13.8. The molecule has 2 N–H and O–H groups in total. The summed E-state index contributed by atoms with van der Waals surface area (Å²) in [5.74, 6) is -0.180. The fourth-order valence-electron chi connectivity index (χ4n) is 1.63. The van der Waals surface area contributed by atoms with Gasteiger partial charge in [0, 0.05) is 5.56 Å². The molecule has 19 heavy (non-hydrogen) atoms. The first-order chi connectivity index (χ1) is 9.08. The predicted octanol–water partition coefficient (Wildman–Crippen LogP) is 3.88. The lowest BCUT2D eigenvalue weighted by atomic mass is 10.1. The van der Waals surface area contributed by atoms with E-state index >= 15 is 0 Å². The van der Waals surface area contributed by atoms with E-state index in [9.17, 15) is 9.90 Å². The van der Waals surface area contributed by atoms with Gasteiger partial charge in [0.15, 0.2) is 0 Å². The minimum absolute atomic E-state index is 0.0650. The zero-order valence-corrected chi connectivity index (χ0v) is 11.4. The average molecular weight is 296 g/mol. The van der Waals surface area contributed by atoms with Crippen LogP contribution in [0, 0.1) is 0 Å². The second kappa shape index (κ2) is 5.95. The summed E-state index contributed by atoms with van der Waals surface area (Å²) in [4.78, 5) is 11.9. The van der Waals surface area contributed by atoms with Gasteiger partial charge in [0.05, 0.1) is 22.2 Å². The van der Waals surface area contributed by atoms with E-state index in [1.807, 2.05) is 0 Å². The molecule has 0 bridgehead atoms. The molecule has 0 aliphatic carbocycles. The molecule has 0 aromatic heterocycles. The fourth-order valence-corrected chi connectivity index (χ4v) is 1.98. The maximum Gasteiger partial charge on any atom is 0.228 e. The summed E-state index contributed by atoms with van der Waals surface area (Å²) in [6.07, 6.45) is 0.0650. The molecule has 0 atom stereocenters. The van der Waals surface area contributed by atoms with E-state index in [4.69, 9.17) is 23.2 Å². The van der Waals surface area contributed by atoms with Crippen LogP contribution in [0.4, 0.5) is 5.69 Å². The van der Waals surface area contributed by atoms with Crippen molar-refractivity contribution in [2.24, 2.45) is 0 Å². The highest BCUT2D eigenvalue weighted by molar-refractivity contribution is 6.43. The standard InChI is InChI=1S/C14H11Cl2NO2/c15-10-5-3-6-11(14(10)16)17-13(19)8-9-4-1-2-7-12(9)18/h1-7,18H,8H2,(H,17,19). The van der Waals surface area contributed by atoms with Gasteiger partial charge in [-0.15, -0.1) is 0 Å². The van der Waals surface area contributed by atoms with Gasteiger partial charge in [-0.1, -0.05) is 47.5 Å². The number of amides is 1. The Morgan fingerprint density at radius 1 is 1.11 bits per heavy atom. The van der Waals surface area contributed by atoms with Crippen molar-refractivity contribution in [3.05, 3.63) is 58.1 Å². The lowest BCUT2D eigenvalue weighted by Gasteiger charge is -2.08. The molecule has 2 aromatic carbocycles. The van der Waals surface area contributed by atoms with Crippen LogP contribution < -0.4 is 5.32 Å². The monoisotopic (exact) mass is 295 g/mol. The summed E-state index contributed by atoms with van der Waals surface area (Å²) in [6, 6.07) is 11.7. The average Bonchev–Trinajstić information content (AvgIpc) is 2.38. The van der Waals surface area contributed by atoms with Gasteiger partial charge in [0.2, 0.25) is 5.91 Å². The number of carbonyl (C=O) groups is 1. The number of para-hydroxylation sites is 1. The van der Waals surface area contributed by atoms with Gasteiger partial charge in [-0.05, 0) is 18.2 Å². The number of halogens is 2. The number of anilines is 1. The Kier molecular flexibility index (Phi) is 4.30. The van der Waals surface area contributed by atoms with Crippen molar-refractivity contribution in [1.29, 1.82) is 0 Å². The van der Waals surface area contributed by atoms with Crippen LogP contribution >= 0.6 is 23.2 Å². The summed E-state index contributed by atoms with van der Waals surface area (Å²) in [5.41, 5.74) is 1.01. The first-order valence-corrected chi connectivity index (χ1v) is 6.34. The SMILES string of the molecule is O=C(Cc1ccccc1O)Nc1cccc(Cl)c1Cl. The van der Waals surface area contributed by atoms with Crippen molar-refractivity contribution in [2.45, 2.75) is 6.42 Å². The number of benzene rings is 2. The minimum Gasteiger partial charge on any atom is -0.508 e. The Labute approximate surface area is 120 Å². The van der Waals surface area contributed by atoms with Crippen LogP contribution in [0.5, 0.6) is 5.75 Å². The van der Waals surface area contributed by atoms with E-state index < -0.39 is 0 Å². The Hall–Kier alpha value is -1.71. The second-order valence-corrected chi connectivity index (χ2v) is 4.74. The number of nitrogens with one attached hydrogen (secondary N) is 1. The summed E-state index contributed by atoms with van der Waals surface area (Å²) in [7, 11) is 0. The Morgan fingerprint density at radius 3 is 2.58 bits per heavy atom. The topological polar surface area (TPSA) is 49.3 Å². The van der Waals surface area contributed by atoms with Gasteiger partial charge in [-0.25, -0.2) is 0 Å². The van der Waals surface area contributed by atoms with E-state index in [0.717, 1.165) is 0 Å². The van der Waals surface area contributed by atoms with Crippen LogP contribution in [-0.4, -0.2) is 11.0 Å². The first kappa shape index (κ1) is 13.7. The summed E-state index contributed by atoms with van der Waals surface area (Å²) in [6.45, 7) is 0. The molecule has 98 valence electrons. The fraction of sp³-hybridized carbons (Fsp3) is 0.0714. The summed E-state index contributed by atoms with van der Waals surface area (Å²) in [5, 5.41) is 12.9. The normalized spacial score (nSPS) is 10.2. The third-order valence-corrected chi connectivity index (χ3v) is 3.39. The van der Waals surface area contributed by atoms with Gasteiger partial charge < -0.3 is 10.4 Å². The quantitative estimate of drug-likeness (QED) is 0.903. The smallest absolute Gasteiger partial charge is 0.228 e. The Morgan fingerprint density at radius 2 is 1.84 bits per heavy atom. The van der Waals surface area contributed by atoms with Gasteiger partial charge in [-0.3, -0.25) is 4.79 Å². The van der Waals surface area contributed by atoms with Crippen molar-refractivity contribution in [2.75, 3.05) is 5.32 Å². The van der Waals surface area contributed by atoms with Gasteiger partial charge in [0.1, 0.15) is 5.75 Å². The molecule has 0 aliphatic rings. The maximum absolute atomic E-state index is 11.9. The second-order valence-electron chi connectivity index (χ2n) is 3.96. The number of rotatable bonds is 3. The Bertz CT molecular complexity index is 614. The highest BCUT2D eigenvalue weighted by Crippen LogP contribution is 2.29. The third kappa shape index (κ3) is 3.40. The predicted molar refractivity (Wildman–Crippen MR) is 76.9 cm³/mol. The molecule has 2 rings (SSSR count). The van der Waals surface area contributed by atoms with E-state index in [1.54, 1.807) is 36.4 Å². The molecule has 0 heterocycles. The van der Waals surface area contributed by atoms with Crippen LogP contribution in [0.1, 0.15) is 5.56 Å². The molecule has 0 spiro atoms. The van der Waals surface area contributed by atoms with Gasteiger partial charge in [0.25, 0.3) is 0 Å². The van der Waals surface area contributed by atoms with Crippen molar-refractivity contribution in [3.8, 4) is 5.75 Å². The van der Waals surface area contributed by atoms with Crippen molar-refractivity contribution in [1.82, 2.24) is 0 Å². The molecule has 0 saturated carbocycles. The number of hydrogen-bond acceptors (Lipinski definition) is 2. The molecule has 0 radical (unpaired) electrons. The van der Waals surface area contributed by atoms with Crippen LogP contribution in [0.25, 0.3) is 0 Å². The minimum atomic E-state index is -0.273. The third-order valence-electron chi connectivity index (χ3n) is 2.57. The zero-order valence-electron chi connectivity index (χ0n) is 9.86. The lowest BCUT2D eigenvalue weighted by molar-refractivity contribution is -0.115. The van der Waals surface area contributed by atoms with Crippen LogP contribution in [0.2, 0.25) is 10.0 Å². The molecule has 0 aliphatic heterocycles. The number of phenols is 1. The lowest BCUT2D eigenvalue weighted by Crippen LogP contribution is -2.14. The van der Waals surface area contributed by atoms with Crippen molar-refractivity contribution in [3.63, 3.8) is 0 Å². The van der Waals surface area contributed by atoms with E-state index in [2.05, 4.69) is 5.32 Å². The molecule has 0 saturated heterocycles. The molecular weight excluding hydrogens is 285 g/mol. The van der Waals surface area contributed by atoms with Crippen molar-refractivity contribution < 1.29 is 9.90 Å². The van der Waals surface area contributed by atoms with Crippen LogP contribution in [0.15, 0.2) is 42.5 Å². The molecule has 3 nitrogen and oxygen atoms in total. The molecule has 0 unspecified atom stereocenters. The van der Waals surface area contributed by atoms with Crippen LogP contribution in [0.3, 0.4) is 0 Å². The molecule has 2 aromatic rings. The maximum atomic E-state index is 11.9.